The van der Waals surface area contributed by atoms with E-state index in [1.54, 1.807) is 33.3 Å². The van der Waals surface area contributed by atoms with Crippen LogP contribution in [0.25, 0.3) is 11.5 Å². The molecule has 0 atom stereocenters. The highest BCUT2D eigenvalue weighted by Gasteiger charge is 2.13. The predicted molar refractivity (Wildman–Crippen MR) is 81.4 cm³/mol. The molecule has 1 aromatic carbocycles. The van der Waals surface area contributed by atoms with Gasteiger partial charge in [0.1, 0.15) is 0 Å². The Hall–Kier alpha value is -2.55. The van der Waals surface area contributed by atoms with Gasteiger partial charge >= 0.3 is 0 Å². The van der Waals surface area contributed by atoms with Crippen molar-refractivity contribution in [1.29, 1.82) is 0 Å². The van der Waals surface area contributed by atoms with Gasteiger partial charge < -0.3 is 18.4 Å². The fourth-order valence-electron chi connectivity index (χ4n) is 1.88. The van der Waals surface area contributed by atoms with Crippen molar-refractivity contribution >= 4 is 11.8 Å². The van der Waals surface area contributed by atoms with Crippen LogP contribution in [0, 0.1) is 6.92 Å². The van der Waals surface area contributed by atoms with Gasteiger partial charge in [0, 0.05) is 5.56 Å². The molecule has 3 aromatic rings. The summed E-state index contributed by atoms with van der Waals surface area (Å²) < 4.78 is 21.1. The van der Waals surface area contributed by atoms with Gasteiger partial charge in [-0.3, -0.25) is 0 Å². The van der Waals surface area contributed by atoms with Crippen LogP contribution in [0.4, 0.5) is 0 Å². The number of aromatic nitrogens is 4. The van der Waals surface area contributed by atoms with Crippen LogP contribution < -0.4 is 9.47 Å². The largest absolute Gasteiger partial charge is 0.493 e. The first-order valence-electron chi connectivity index (χ1n) is 6.67. The summed E-state index contributed by atoms with van der Waals surface area (Å²) in [4.78, 5) is 4.11. The van der Waals surface area contributed by atoms with Crippen LogP contribution in [0.5, 0.6) is 11.5 Å². The molecular weight excluding hydrogens is 320 g/mol. The first-order chi connectivity index (χ1) is 11.2. The number of nitrogens with zero attached hydrogens (tertiary/aromatic N) is 4. The monoisotopic (exact) mass is 334 g/mol. The van der Waals surface area contributed by atoms with Crippen LogP contribution in [0.1, 0.15) is 11.7 Å². The van der Waals surface area contributed by atoms with E-state index in [1.165, 1.54) is 11.8 Å². The Kier molecular flexibility index (Phi) is 4.47. The number of benzene rings is 1. The lowest BCUT2D eigenvalue weighted by molar-refractivity contribution is 0.355. The van der Waals surface area contributed by atoms with Gasteiger partial charge in [-0.25, -0.2) is 0 Å². The summed E-state index contributed by atoms with van der Waals surface area (Å²) in [6.07, 6.45) is 0. The zero-order valence-electron chi connectivity index (χ0n) is 12.8. The molecule has 2 aromatic heterocycles. The van der Waals surface area contributed by atoms with E-state index >= 15 is 0 Å². The average molecular weight is 334 g/mol. The van der Waals surface area contributed by atoms with Crippen LogP contribution >= 0.6 is 11.8 Å². The first kappa shape index (κ1) is 15.3. The normalized spacial score (nSPS) is 10.7. The maximum atomic E-state index is 5.63. The Balaban J connectivity index is 1.73. The molecule has 0 unspecified atom stereocenters. The Labute approximate surface area is 136 Å². The van der Waals surface area contributed by atoms with Crippen molar-refractivity contribution in [3.05, 3.63) is 29.9 Å². The Morgan fingerprint density at radius 2 is 1.96 bits per heavy atom. The number of hydrogen-bond acceptors (Lipinski definition) is 9. The van der Waals surface area contributed by atoms with Gasteiger partial charge in [-0.2, -0.15) is 4.98 Å². The van der Waals surface area contributed by atoms with Crippen molar-refractivity contribution in [2.75, 3.05) is 14.2 Å². The summed E-state index contributed by atoms with van der Waals surface area (Å²) in [5, 5.41) is 12.2. The van der Waals surface area contributed by atoms with Crippen molar-refractivity contribution in [2.24, 2.45) is 0 Å². The van der Waals surface area contributed by atoms with Crippen LogP contribution in [0.3, 0.4) is 0 Å². The topological polar surface area (TPSA) is 96.3 Å². The molecule has 9 heteroatoms. The van der Waals surface area contributed by atoms with E-state index in [-0.39, 0.29) is 0 Å². The fraction of sp³-hybridized carbons (Fsp3) is 0.286. The predicted octanol–water partition coefficient (Wildman–Crippen LogP) is 2.74. The van der Waals surface area contributed by atoms with Crippen LogP contribution in [-0.4, -0.2) is 34.6 Å². The number of thioether (sulfide) groups is 1. The van der Waals surface area contributed by atoms with Crippen molar-refractivity contribution in [1.82, 2.24) is 20.3 Å². The minimum Gasteiger partial charge on any atom is -0.493 e. The summed E-state index contributed by atoms with van der Waals surface area (Å²) >= 11 is 1.33. The third kappa shape index (κ3) is 3.45. The van der Waals surface area contributed by atoms with E-state index in [0.29, 0.717) is 40.1 Å². The fourth-order valence-corrected chi connectivity index (χ4v) is 2.48. The SMILES string of the molecule is COc1ccc(-c2nnc(SCc3nc(C)no3)o2)cc1OC. The number of ether oxygens (including phenoxy) is 2. The van der Waals surface area contributed by atoms with Gasteiger partial charge in [0.2, 0.25) is 11.8 Å². The minimum atomic E-state index is 0.398. The molecule has 0 bridgehead atoms. The summed E-state index contributed by atoms with van der Waals surface area (Å²) in [6, 6.07) is 5.39. The van der Waals surface area contributed by atoms with Gasteiger partial charge in [-0.15, -0.1) is 10.2 Å². The Bertz CT molecular complexity index is 802. The minimum absolute atomic E-state index is 0.398. The lowest BCUT2D eigenvalue weighted by atomic mass is 10.2. The summed E-state index contributed by atoms with van der Waals surface area (Å²) in [6.45, 7) is 1.76. The van der Waals surface area contributed by atoms with E-state index in [9.17, 15) is 0 Å². The van der Waals surface area contributed by atoms with Crippen molar-refractivity contribution in [3.8, 4) is 23.0 Å². The van der Waals surface area contributed by atoms with Crippen LogP contribution in [0.15, 0.2) is 32.4 Å². The highest BCUT2D eigenvalue weighted by atomic mass is 32.2. The maximum absolute atomic E-state index is 5.63. The molecule has 0 saturated carbocycles. The molecule has 23 heavy (non-hydrogen) atoms. The Morgan fingerprint density at radius 1 is 1.13 bits per heavy atom. The molecule has 120 valence electrons. The van der Waals surface area contributed by atoms with Gasteiger partial charge in [0.15, 0.2) is 17.3 Å². The maximum Gasteiger partial charge on any atom is 0.277 e. The van der Waals surface area contributed by atoms with Gasteiger partial charge in [0.25, 0.3) is 5.22 Å². The third-order valence-electron chi connectivity index (χ3n) is 2.93. The van der Waals surface area contributed by atoms with E-state index in [4.69, 9.17) is 18.4 Å². The molecule has 0 aliphatic heterocycles. The Morgan fingerprint density at radius 3 is 2.65 bits per heavy atom. The second-order valence-electron chi connectivity index (χ2n) is 4.47. The summed E-state index contributed by atoms with van der Waals surface area (Å²) in [5.74, 6) is 3.20. The molecule has 0 fully saturated rings. The third-order valence-corrected chi connectivity index (χ3v) is 3.73. The first-order valence-corrected chi connectivity index (χ1v) is 7.66. The molecule has 0 aliphatic carbocycles. The molecule has 3 rings (SSSR count). The zero-order valence-corrected chi connectivity index (χ0v) is 13.6. The summed E-state index contributed by atoms with van der Waals surface area (Å²) in [7, 11) is 3.15. The number of hydrogen-bond donors (Lipinski definition) is 0. The highest BCUT2D eigenvalue weighted by molar-refractivity contribution is 7.98. The average Bonchev–Trinajstić information content (AvgIpc) is 3.21. The van der Waals surface area contributed by atoms with E-state index in [1.807, 2.05) is 6.07 Å². The molecule has 8 nitrogen and oxygen atoms in total. The highest BCUT2D eigenvalue weighted by Crippen LogP contribution is 2.32. The van der Waals surface area contributed by atoms with Gasteiger partial charge in [-0.05, 0) is 25.1 Å². The van der Waals surface area contributed by atoms with E-state index in [0.717, 1.165) is 5.56 Å². The standard InChI is InChI=1S/C14H14N4O4S/c1-8-15-12(22-18-8)7-23-14-17-16-13(21-14)9-4-5-10(19-2)11(6-9)20-3/h4-6H,7H2,1-3H3. The number of rotatable bonds is 6. The molecule has 0 spiro atoms. The molecule has 0 radical (unpaired) electrons. The van der Waals surface area contributed by atoms with Crippen molar-refractivity contribution < 1.29 is 18.4 Å². The quantitative estimate of drug-likeness (QED) is 0.630. The molecule has 0 saturated heterocycles. The zero-order chi connectivity index (χ0) is 16.2. The van der Waals surface area contributed by atoms with Gasteiger partial charge in [0.05, 0.1) is 20.0 Å². The molecule has 0 amide bonds. The van der Waals surface area contributed by atoms with Crippen LogP contribution in [0.2, 0.25) is 0 Å². The molecule has 0 aliphatic rings. The van der Waals surface area contributed by atoms with Crippen molar-refractivity contribution in [2.45, 2.75) is 17.9 Å². The van der Waals surface area contributed by atoms with E-state index in [2.05, 4.69) is 20.3 Å². The molecular formula is C14H14N4O4S. The lowest BCUT2D eigenvalue weighted by Crippen LogP contribution is -1.90. The lowest BCUT2D eigenvalue weighted by Gasteiger charge is -2.07. The van der Waals surface area contributed by atoms with Gasteiger partial charge in [-0.1, -0.05) is 16.9 Å². The number of aryl methyl sites for hydroxylation is 1. The number of methoxy groups -OCH3 is 2. The molecule has 2 heterocycles. The second kappa shape index (κ2) is 6.69. The van der Waals surface area contributed by atoms with Crippen LogP contribution in [-0.2, 0) is 5.75 Å². The van der Waals surface area contributed by atoms with Crippen molar-refractivity contribution in [3.63, 3.8) is 0 Å². The molecule has 0 N–H and O–H groups in total. The smallest absolute Gasteiger partial charge is 0.277 e. The van der Waals surface area contributed by atoms with E-state index < -0.39 is 0 Å². The summed E-state index contributed by atoms with van der Waals surface area (Å²) in [5.41, 5.74) is 0.746. The second-order valence-corrected chi connectivity index (χ2v) is 5.39.